The molecule has 2 heterocycles. The van der Waals surface area contributed by atoms with E-state index in [0.29, 0.717) is 13.1 Å². The molecule has 0 aromatic heterocycles. The number of benzene rings is 1. The molecule has 0 aliphatic carbocycles. The van der Waals surface area contributed by atoms with Crippen LogP contribution in [0.25, 0.3) is 0 Å². The normalized spacial score (nSPS) is 25.2. The Labute approximate surface area is 152 Å². The number of nitrogens with zero attached hydrogens (tertiary/aromatic N) is 3. The number of aliphatic hydroxyl groups excluding tert-OH is 2. The lowest BCUT2D eigenvalue weighted by Gasteiger charge is -2.21. The Morgan fingerprint density at radius 2 is 1.62 bits per heavy atom. The van der Waals surface area contributed by atoms with Gasteiger partial charge in [-0.15, -0.1) is 0 Å². The Morgan fingerprint density at radius 3 is 2.15 bits per heavy atom. The van der Waals surface area contributed by atoms with Gasteiger partial charge in [-0.05, 0) is 25.0 Å². The van der Waals surface area contributed by atoms with Crippen LogP contribution in [0.15, 0.2) is 23.1 Å². The molecule has 1 aromatic rings. The molecule has 26 heavy (non-hydrogen) atoms. The molecule has 0 spiro atoms. The van der Waals surface area contributed by atoms with E-state index >= 15 is 0 Å². The van der Waals surface area contributed by atoms with E-state index in [1.807, 2.05) is 0 Å². The standard InChI is InChI=1S/C16H23N3O6S/c20-15-10-17(11-16(15)21)13-6-5-12(9-14(13)19(22)23)26(24,25)18-7-3-1-2-4-8-18/h5-6,9,15-16,20-21H,1-4,7-8,10-11H2/t15-,16+. The molecule has 2 saturated heterocycles. The summed E-state index contributed by atoms with van der Waals surface area (Å²) in [6.45, 7) is 0.950. The summed E-state index contributed by atoms with van der Waals surface area (Å²) in [6, 6.07) is 3.82. The van der Waals surface area contributed by atoms with Crippen LogP contribution in [0.3, 0.4) is 0 Å². The molecular formula is C16H23N3O6S. The van der Waals surface area contributed by atoms with Crippen LogP contribution < -0.4 is 4.90 Å². The predicted octanol–water partition coefficient (Wildman–Crippen LogP) is 0.701. The largest absolute Gasteiger partial charge is 0.389 e. The minimum absolute atomic E-state index is 0.0558. The fraction of sp³-hybridized carbons (Fsp3) is 0.625. The number of nitro groups is 1. The van der Waals surface area contributed by atoms with Gasteiger partial charge in [-0.25, -0.2) is 8.42 Å². The molecule has 2 N–H and O–H groups in total. The van der Waals surface area contributed by atoms with Gasteiger partial charge in [0.15, 0.2) is 0 Å². The molecule has 2 aliphatic heterocycles. The lowest BCUT2D eigenvalue weighted by molar-refractivity contribution is -0.384. The van der Waals surface area contributed by atoms with Crippen molar-refractivity contribution >= 4 is 21.4 Å². The summed E-state index contributed by atoms with van der Waals surface area (Å²) in [7, 11) is -3.79. The third-order valence-corrected chi connectivity index (χ3v) is 6.84. The first-order chi connectivity index (χ1) is 12.3. The highest BCUT2D eigenvalue weighted by Crippen LogP contribution is 2.34. The average Bonchev–Trinajstić information content (AvgIpc) is 2.81. The molecular weight excluding hydrogens is 362 g/mol. The highest BCUT2D eigenvalue weighted by atomic mass is 32.2. The van der Waals surface area contributed by atoms with Gasteiger partial charge >= 0.3 is 0 Å². The maximum absolute atomic E-state index is 12.9. The zero-order valence-corrected chi connectivity index (χ0v) is 15.1. The third kappa shape index (κ3) is 3.68. The minimum atomic E-state index is -3.79. The summed E-state index contributed by atoms with van der Waals surface area (Å²) >= 11 is 0. The van der Waals surface area contributed by atoms with E-state index < -0.39 is 27.2 Å². The van der Waals surface area contributed by atoms with Crippen LogP contribution >= 0.6 is 0 Å². The van der Waals surface area contributed by atoms with E-state index in [1.165, 1.54) is 21.3 Å². The maximum atomic E-state index is 12.9. The van der Waals surface area contributed by atoms with Crippen LogP contribution in [0.4, 0.5) is 11.4 Å². The molecule has 0 amide bonds. The van der Waals surface area contributed by atoms with Gasteiger partial charge in [0.25, 0.3) is 5.69 Å². The maximum Gasteiger partial charge on any atom is 0.293 e. The average molecular weight is 385 g/mol. The Kier molecular flexibility index (Phi) is 5.47. The predicted molar refractivity (Wildman–Crippen MR) is 94.5 cm³/mol. The quantitative estimate of drug-likeness (QED) is 0.577. The second-order valence-corrected chi connectivity index (χ2v) is 8.70. The van der Waals surface area contributed by atoms with Crippen molar-refractivity contribution in [3.63, 3.8) is 0 Å². The summed E-state index contributed by atoms with van der Waals surface area (Å²) in [5.41, 5.74) is -0.150. The summed E-state index contributed by atoms with van der Waals surface area (Å²) in [6.07, 6.45) is 1.53. The van der Waals surface area contributed by atoms with Crippen LogP contribution in [-0.4, -0.2) is 66.2 Å². The molecule has 0 unspecified atom stereocenters. The van der Waals surface area contributed by atoms with E-state index in [1.54, 1.807) is 0 Å². The summed E-state index contributed by atoms with van der Waals surface area (Å²) < 4.78 is 27.1. The Morgan fingerprint density at radius 1 is 1.04 bits per heavy atom. The number of sulfonamides is 1. The van der Waals surface area contributed by atoms with Crippen LogP contribution in [-0.2, 0) is 10.0 Å². The van der Waals surface area contributed by atoms with E-state index in [0.717, 1.165) is 31.7 Å². The molecule has 2 aliphatic rings. The fourth-order valence-corrected chi connectivity index (χ4v) is 5.01. The van der Waals surface area contributed by atoms with Crippen LogP contribution in [0.1, 0.15) is 25.7 Å². The zero-order valence-electron chi connectivity index (χ0n) is 14.3. The van der Waals surface area contributed by atoms with Crippen molar-refractivity contribution in [2.45, 2.75) is 42.8 Å². The first-order valence-corrected chi connectivity index (χ1v) is 10.1. The number of β-amino-alcohol motifs (C(OH)–C–C–N with tert-alkyl or cyclic N) is 2. The van der Waals surface area contributed by atoms with Crippen molar-refractivity contribution in [2.75, 3.05) is 31.1 Å². The summed E-state index contributed by atoms with van der Waals surface area (Å²) in [5, 5.41) is 30.8. The third-order valence-electron chi connectivity index (χ3n) is 4.95. The molecule has 1 aromatic carbocycles. The van der Waals surface area contributed by atoms with Crippen LogP contribution in [0.5, 0.6) is 0 Å². The van der Waals surface area contributed by atoms with Gasteiger partial charge in [0.1, 0.15) is 5.69 Å². The number of anilines is 1. The van der Waals surface area contributed by atoms with Gasteiger partial charge in [0, 0.05) is 32.2 Å². The van der Waals surface area contributed by atoms with Gasteiger partial charge in [-0.1, -0.05) is 12.8 Å². The SMILES string of the molecule is O=[N+]([O-])c1cc(S(=O)(=O)N2CCCCCC2)ccc1N1C[C@@H](O)[C@@H](O)C1. The van der Waals surface area contributed by atoms with E-state index in [4.69, 9.17) is 0 Å². The number of rotatable bonds is 4. The Hall–Kier alpha value is -1.75. The molecule has 9 nitrogen and oxygen atoms in total. The van der Waals surface area contributed by atoms with Crippen molar-refractivity contribution in [3.05, 3.63) is 28.3 Å². The Balaban J connectivity index is 1.94. The molecule has 144 valence electrons. The number of hydrogen-bond donors (Lipinski definition) is 2. The first-order valence-electron chi connectivity index (χ1n) is 8.70. The number of nitro benzene ring substituents is 1. The van der Waals surface area contributed by atoms with Gasteiger partial charge in [-0.2, -0.15) is 4.31 Å². The summed E-state index contributed by atoms with van der Waals surface area (Å²) in [5.74, 6) is 0. The highest BCUT2D eigenvalue weighted by Gasteiger charge is 2.34. The molecule has 2 atom stereocenters. The lowest BCUT2D eigenvalue weighted by Crippen LogP contribution is -2.32. The topological polar surface area (TPSA) is 124 Å². The van der Waals surface area contributed by atoms with Gasteiger partial charge < -0.3 is 15.1 Å². The van der Waals surface area contributed by atoms with E-state index in [-0.39, 0.29) is 29.4 Å². The van der Waals surface area contributed by atoms with Gasteiger partial charge in [-0.3, -0.25) is 10.1 Å². The molecule has 2 fully saturated rings. The highest BCUT2D eigenvalue weighted by molar-refractivity contribution is 7.89. The molecule has 0 saturated carbocycles. The number of hydrogen-bond acceptors (Lipinski definition) is 7. The first kappa shape index (κ1) is 19.0. The second-order valence-electron chi connectivity index (χ2n) is 6.77. The van der Waals surface area contributed by atoms with Crippen LogP contribution in [0.2, 0.25) is 0 Å². The van der Waals surface area contributed by atoms with E-state index in [9.17, 15) is 28.7 Å². The van der Waals surface area contributed by atoms with Crippen molar-refractivity contribution in [1.29, 1.82) is 0 Å². The van der Waals surface area contributed by atoms with E-state index in [2.05, 4.69) is 0 Å². The minimum Gasteiger partial charge on any atom is -0.389 e. The monoisotopic (exact) mass is 385 g/mol. The molecule has 3 rings (SSSR count). The van der Waals surface area contributed by atoms with Crippen molar-refractivity contribution < 1.29 is 23.6 Å². The Bertz CT molecular complexity index is 766. The van der Waals surface area contributed by atoms with Crippen molar-refractivity contribution in [3.8, 4) is 0 Å². The van der Waals surface area contributed by atoms with Crippen molar-refractivity contribution in [1.82, 2.24) is 4.31 Å². The lowest BCUT2D eigenvalue weighted by atomic mass is 10.2. The second kappa shape index (κ2) is 7.47. The smallest absolute Gasteiger partial charge is 0.293 e. The molecule has 10 heteroatoms. The van der Waals surface area contributed by atoms with Crippen molar-refractivity contribution in [2.24, 2.45) is 0 Å². The zero-order chi connectivity index (χ0) is 18.9. The molecule has 0 bridgehead atoms. The molecule has 0 radical (unpaired) electrons. The van der Waals surface area contributed by atoms with Gasteiger partial charge in [0.2, 0.25) is 10.0 Å². The van der Waals surface area contributed by atoms with Gasteiger partial charge in [0.05, 0.1) is 22.0 Å². The fourth-order valence-electron chi connectivity index (χ4n) is 3.47. The van der Waals surface area contributed by atoms with Crippen LogP contribution in [0, 0.1) is 10.1 Å². The number of aliphatic hydroxyl groups is 2. The summed E-state index contributed by atoms with van der Waals surface area (Å²) in [4.78, 5) is 12.3.